The number of nitrogens with one attached hydrogen (secondary N) is 2. The van der Waals surface area contributed by atoms with Crippen molar-refractivity contribution >= 4 is 11.6 Å². The molecule has 21 heavy (non-hydrogen) atoms. The Balaban J connectivity index is 1.94. The lowest BCUT2D eigenvalue weighted by atomic mass is 10.0. The van der Waals surface area contributed by atoms with Crippen molar-refractivity contribution in [2.45, 2.75) is 39.4 Å². The molecule has 2 N–H and O–H groups in total. The van der Waals surface area contributed by atoms with E-state index in [0.29, 0.717) is 5.56 Å². The average molecular weight is 284 g/mol. The van der Waals surface area contributed by atoms with E-state index in [1.54, 1.807) is 6.20 Å². The average Bonchev–Trinajstić information content (AvgIpc) is 2.89. The van der Waals surface area contributed by atoms with Gasteiger partial charge in [-0.2, -0.15) is 5.10 Å². The molecule has 0 bridgehead atoms. The molecule has 5 heteroatoms. The van der Waals surface area contributed by atoms with Crippen molar-refractivity contribution < 1.29 is 4.79 Å². The topological polar surface area (TPSA) is 59.0 Å². The summed E-state index contributed by atoms with van der Waals surface area (Å²) in [6, 6.07) is 5.73. The molecule has 1 aliphatic heterocycles. The second-order valence-corrected chi connectivity index (χ2v) is 6.44. The highest BCUT2D eigenvalue weighted by atomic mass is 16.2. The van der Waals surface area contributed by atoms with Crippen LogP contribution >= 0.6 is 0 Å². The maximum atomic E-state index is 12.2. The van der Waals surface area contributed by atoms with Crippen LogP contribution < -0.4 is 10.6 Å². The number of benzene rings is 1. The van der Waals surface area contributed by atoms with Crippen LogP contribution in [0.25, 0.3) is 0 Å². The summed E-state index contributed by atoms with van der Waals surface area (Å²) in [5.74, 6) is -0.0547. The summed E-state index contributed by atoms with van der Waals surface area (Å²) in [6.45, 7) is 8.28. The van der Waals surface area contributed by atoms with Crippen LogP contribution in [0.3, 0.4) is 0 Å². The first-order valence-electron chi connectivity index (χ1n) is 7.08. The molecule has 0 radical (unpaired) electrons. The number of hydrogen-bond donors (Lipinski definition) is 2. The van der Waals surface area contributed by atoms with E-state index in [4.69, 9.17) is 0 Å². The molecule has 0 spiro atoms. The van der Waals surface area contributed by atoms with E-state index < -0.39 is 0 Å². The number of anilines is 1. The third-order valence-corrected chi connectivity index (χ3v) is 3.70. The van der Waals surface area contributed by atoms with Gasteiger partial charge >= 0.3 is 0 Å². The normalized spacial score (nSPS) is 17.9. The number of rotatable bonds is 1. The zero-order valence-electron chi connectivity index (χ0n) is 12.8. The molecule has 1 atom stereocenters. The predicted molar refractivity (Wildman–Crippen MR) is 82.2 cm³/mol. The van der Waals surface area contributed by atoms with Gasteiger partial charge in [0.05, 0.1) is 23.0 Å². The molecule has 110 valence electrons. The van der Waals surface area contributed by atoms with E-state index >= 15 is 0 Å². The Morgan fingerprint density at radius 2 is 2.00 bits per heavy atom. The van der Waals surface area contributed by atoms with Gasteiger partial charge in [-0.25, -0.2) is 0 Å². The summed E-state index contributed by atoms with van der Waals surface area (Å²) in [5.41, 5.74) is 3.53. The summed E-state index contributed by atoms with van der Waals surface area (Å²) in [5, 5.41) is 10.8. The number of para-hydroxylation sites is 1. The smallest absolute Gasteiger partial charge is 0.255 e. The maximum Gasteiger partial charge on any atom is 0.255 e. The van der Waals surface area contributed by atoms with Crippen molar-refractivity contribution in [3.63, 3.8) is 0 Å². The highest BCUT2D eigenvalue weighted by Crippen LogP contribution is 2.29. The summed E-state index contributed by atoms with van der Waals surface area (Å²) in [6.07, 6.45) is 3.52. The fourth-order valence-corrected chi connectivity index (χ4v) is 2.46. The Morgan fingerprint density at radius 3 is 2.67 bits per heavy atom. The fourth-order valence-electron chi connectivity index (χ4n) is 2.46. The lowest BCUT2D eigenvalue weighted by Gasteiger charge is -2.28. The van der Waals surface area contributed by atoms with Gasteiger partial charge in [-0.05, 0) is 39.3 Å². The minimum Gasteiger partial charge on any atom is -0.361 e. The number of amides is 1. The highest BCUT2D eigenvalue weighted by molar-refractivity contribution is 6.02. The zero-order valence-corrected chi connectivity index (χ0v) is 12.8. The summed E-state index contributed by atoms with van der Waals surface area (Å²) < 4.78 is 1.91. The minimum absolute atomic E-state index is 0.0547. The molecule has 2 heterocycles. The Kier molecular flexibility index (Phi) is 3.01. The number of carbonyl (C=O) groups is 1. The molecule has 0 fully saturated rings. The molecule has 0 saturated heterocycles. The van der Waals surface area contributed by atoms with E-state index in [-0.39, 0.29) is 17.6 Å². The van der Waals surface area contributed by atoms with Gasteiger partial charge in [0.15, 0.2) is 0 Å². The molecule has 1 unspecified atom stereocenters. The summed E-state index contributed by atoms with van der Waals surface area (Å²) in [7, 11) is 0. The van der Waals surface area contributed by atoms with E-state index in [2.05, 4.69) is 36.5 Å². The van der Waals surface area contributed by atoms with Crippen LogP contribution in [-0.2, 0) is 5.54 Å². The Hall–Kier alpha value is -2.30. The van der Waals surface area contributed by atoms with Crippen LogP contribution in [-0.4, -0.2) is 15.7 Å². The number of aryl methyl sites for hydroxylation is 1. The third kappa shape index (κ3) is 2.39. The van der Waals surface area contributed by atoms with Crippen molar-refractivity contribution in [2.24, 2.45) is 0 Å². The maximum absolute atomic E-state index is 12.2. The first kappa shape index (κ1) is 13.7. The van der Waals surface area contributed by atoms with Crippen LogP contribution in [0.5, 0.6) is 0 Å². The first-order chi connectivity index (χ1) is 9.86. The molecule has 1 aliphatic rings. The van der Waals surface area contributed by atoms with Gasteiger partial charge in [-0.3, -0.25) is 9.48 Å². The lowest BCUT2D eigenvalue weighted by molar-refractivity contribution is 0.0935. The fraction of sp³-hybridized carbons (Fsp3) is 0.375. The first-order valence-corrected chi connectivity index (χ1v) is 7.08. The molecule has 2 aromatic rings. The quantitative estimate of drug-likeness (QED) is 0.846. The second-order valence-electron chi connectivity index (χ2n) is 6.44. The molecule has 0 saturated carbocycles. The van der Waals surface area contributed by atoms with Gasteiger partial charge in [0, 0.05) is 11.8 Å². The van der Waals surface area contributed by atoms with Gasteiger partial charge in [0.1, 0.15) is 6.17 Å². The van der Waals surface area contributed by atoms with Gasteiger partial charge < -0.3 is 10.6 Å². The molecule has 0 aliphatic carbocycles. The van der Waals surface area contributed by atoms with E-state index in [1.807, 2.05) is 36.0 Å². The van der Waals surface area contributed by atoms with Crippen LogP contribution in [0.4, 0.5) is 5.69 Å². The van der Waals surface area contributed by atoms with E-state index in [0.717, 1.165) is 16.8 Å². The SMILES string of the molecule is Cc1cccc2c1NC(c1cnn(C(C)(C)C)c1)NC2=O. The monoisotopic (exact) mass is 284 g/mol. The van der Waals surface area contributed by atoms with Gasteiger partial charge in [-0.1, -0.05) is 12.1 Å². The number of fused-ring (bicyclic) bond motifs is 1. The molecule has 1 amide bonds. The van der Waals surface area contributed by atoms with Gasteiger partial charge in [-0.15, -0.1) is 0 Å². The Bertz CT molecular complexity index is 697. The van der Waals surface area contributed by atoms with Crippen LogP contribution in [0.15, 0.2) is 30.6 Å². The molecular formula is C16H20N4O. The zero-order chi connectivity index (χ0) is 15.2. The predicted octanol–water partition coefficient (Wildman–Crippen LogP) is 2.80. The Morgan fingerprint density at radius 1 is 1.24 bits per heavy atom. The van der Waals surface area contributed by atoms with Crippen molar-refractivity contribution in [1.29, 1.82) is 0 Å². The standard InChI is InChI=1S/C16H20N4O/c1-10-6-5-7-12-13(10)18-14(19-15(12)21)11-8-17-20(9-11)16(2,3)4/h5-9,14,18H,1-4H3,(H,19,21). The number of carbonyl (C=O) groups excluding carboxylic acids is 1. The van der Waals surface area contributed by atoms with Crippen molar-refractivity contribution in [3.8, 4) is 0 Å². The summed E-state index contributed by atoms with van der Waals surface area (Å²) >= 11 is 0. The van der Waals surface area contributed by atoms with E-state index in [1.165, 1.54) is 0 Å². The number of nitrogens with zero attached hydrogens (tertiary/aromatic N) is 2. The van der Waals surface area contributed by atoms with E-state index in [9.17, 15) is 4.79 Å². The highest BCUT2D eigenvalue weighted by Gasteiger charge is 2.27. The largest absolute Gasteiger partial charge is 0.361 e. The van der Waals surface area contributed by atoms with Gasteiger partial charge in [0.25, 0.3) is 5.91 Å². The third-order valence-electron chi connectivity index (χ3n) is 3.70. The van der Waals surface area contributed by atoms with Gasteiger partial charge in [0.2, 0.25) is 0 Å². The van der Waals surface area contributed by atoms with Crippen LogP contribution in [0.1, 0.15) is 48.4 Å². The van der Waals surface area contributed by atoms with Crippen LogP contribution in [0.2, 0.25) is 0 Å². The molecule has 3 rings (SSSR count). The minimum atomic E-state index is -0.248. The van der Waals surface area contributed by atoms with Crippen LogP contribution in [0, 0.1) is 6.92 Å². The number of hydrogen-bond acceptors (Lipinski definition) is 3. The second kappa shape index (κ2) is 4.62. The number of aromatic nitrogens is 2. The molecule has 1 aromatic heterocycles. The lowest BCUT2D eigenvalue weighted by Crippen LogP contribution is -2.38. The van der Waals surface area contributed by atoms with Crippen molar-refractivity contribution in [2.75, 3.05) is 5.32 Å². The summed E-state index contributed by atoms with van der Waals surface area (Å²) in [4.78, 5) is 12.2. The van der Waals surface area contributed by atoms with Crippen molar-refractivity contribution in [3.05, 3.63) is 47.3 Å². The van der Waals surface area contributed by atoms with Crippen molar-refractivity contribution in [1.82, 2.24) is 15.1 Å². The molecule has 5 nitrogen and oxygen atoms in total. The Labute approximate surface area is 124 Å². The molecular weight excluding hydrogens is 264 g/mol. The molecule has 1 aromatic carbocycles.